The molecule has 21 heteroatoms. The van der Waals surface area contributed by atoms with Crippen molar-refractivity contribution in [1.29, 1.82) is 5.26 Å². The second-order valence-electron chi connectivity index (χ2n) is 38.9. The summed E-state index contributed by atoms with van der Waals surface area (Å²) in [5, 5.41) is 45.3. The van der Waals surface area contributed by atoms with Gasteiger partial charge in [-0.2, -0.15) is 15.5 Å². The highest BCUT2D eigenvalue weighted by Crippen LogP contribution is 2.78. The molecule has 13 rings (SSSR count). The second kappa shape index (κ2) is 28.1. The Morgan fingerprint density at radius 3 is 1.43 bits per heavy atom. The number of nitriles is 1. The number of carboxylic acid groups (broad SMARTS) is 2. The van der Waals surface area contributed by atoms with Crippen LogP contribution in [0.4, 0.5) is 0 Å². The highest BCUT2D eigenvalue weighted by molar-refractivity contribution is 5.96. The van der Waals surface area contributed by atoms with E-state index in [4.69, 9.17) is 57.0 Å². The van der Waals surface area contributed by atoms with Gasteiger partial charge in [-0.3, -0.25) is 14.6 Å². The van der Waals surface area contributed by atoms with Gasteiger partial charge in [0.1, 0.15) is 18.7 Å². The maximum absolute atomic E-state index is 13.5. The summed E-state index contributed by atoms with van der Waals surface area (Å²) in [6.07, 6.45) is 18.9. The molecule has 0 unspecified atom stereocenters. The fourth-order valence-electron chi connectivity index (χ4n) is 24.9. The van der Waals surface area contributed by atoms with Gasteiger partial charge in [0, 0.05) is 52.4 Å². The van der Waals surface area contributed by atoms with Crippen LogP contribution in [0.3, 0.4) is 0 Å². The first-order valence-electron chi connectivity index (χ1n) is 39.8. The van der Waals surface area contributed by atoms with Gasteiger partial charge in [0.05, 0.1) is 82.3 Å². The minimum Gasteiger partial charge on any atom is -0.481 e. The molecule has 2 saturated heterocycles. The number of aromatic nitrogens is 6. The van der Waals surface area contributed by atoms with Gasteiger partial charge in [0.15, 0.2) is 11.7 Å². The lowest BCUT2D eigenvalue weighted by Crippen LogP contribution is -2.69. The molecule has 8 aliphatic carbocycles. The summed E-state index contributed by atoms with van der Waals surface area (Å²) in [6, 6.07) is 1.96. The van der Waals surface area contributed by atoms with Crippen molar-refractivity contribution in [3.8, 4) is 6.07 Å². The van der Waals surface area contributed by atoms with Crippen LogP contribution in [0, 0.1) is 136 Å². The molecule has 8 fully saturated rings. The van der Waals surface area contributed by atoms with E-state index in [1.165, 1.54) is 17.5 Å². The van der Waals surface area contributed by atoms with Crippen LogP contribution in [-0.2, 0) is 28.5 Å². The van der Waals surface area contributed by atoms with Crippen molar-refractivity contribution >= 4 is 17.8 Å². The predicted molar refractivity (Wildman–Crippen MR) is 402 cm³/mol. The Hall–Kier alpha value is -4.66. The molecule has 103 heavy (non-hydrogen) atoms. The van der Waals surface area contributed by atoms with E-state index >= 15 is 0 Å². The summed E-state index contributed by atoms with van der Waals surface area (Å²) >= 11 is 0. The van der Waals surface area contributed by atoms with Gasteiger partial charge in [-0.05, 0) is 183 Å². The van der Waals surface area contributed by atoms with Gasteiger partial charge in [-0.15, -0.1) is 0 Å². The molecule has 21 nitrogen and oxygen atoms in total. The predicted octanol–water partition coefficient (Wildman–Crippen LogP) is 12.5. The molecule has 2 aromatic rings. The van der Waals surface area contributed by atoms with E-state index in [1.54, 1.807) is 6.33 Å². The summed E-state index contributed by atoms with van der Waals surface area (Å²) in [7, 11) is 0. The van der Waals surface area contributed by atoms with E-state index in [9.17, 15) is 25.1 Å². The van der Waals surface area contributed by atoms with Crippen molar-refractivity contribution in [2.24, 2.45) is 153 Å². The topological polar surface area (TPSA) is 325 Å². The number of aliphatic imine (C=N–C) groups is 1. The zero-order valence-corrected chi connectivity index (χ0v) is 66.8. The number of hydrogen-bond acceptors (Lipinski definition) is 17. The quantitative estimate of drug-likeness (QED) is 0.0682. The van der Waals surface area contributed by atoms with Gasteiger partial charge in [-0.25, -0.2) is 19.3 Å². The van der Waals surface area contributed by atoms with Crippen LogP contribution >= 0.6 is 0 Å². The van der Waals surface area contributed by atoms with Crippen LogP contribution in [0.5, 0.6) is 0 Å². The first-order chi connectivity index (χ1) is 48.1. The maximum atomic E-state index is 13.5. The number of rotatable bonds is 18. The van der Waals surface area contributed by atoms with Crippen LogP contribution in [0.2, 0.25) is 0 Å². The van der Waals surface area contributed by atoms with Crippen molar-refractivity contribution < 1.29 is 38.7 Å². The Kier molecular flexibility index (Phi) is 21.6. The van der Waals surface area contributed by atoms with Crippen molar-refractivity contribution in [3.05, 3.63) is 47.6 Å². The molecule has 11 N–H and O–H groups in total. The van der Waals surface area contributed by atoms with Crippen LogP contribution in [0.25, 0.3) is 0 Å². The lowest BCUT2D eigenvalue weighted by molar-refractivity contribution is -0.252. The van der Waals surface area contributed by atoms with Crippen LogP contribution < -0.4 is 28.3 Å². The zero-order valence-electron chi connectivity index (χ0n) is 66.8. The normalized spacial score (nSPS) is 42.5. The Morgan fingerprint density at radius 2 is 1.05 bits per heavy atom. The lowest BCUT2D eigenvalue weighted by Gasteiger charge is -2.71. The molecule has 0 radical (unpaired) electrons. The van der Waals surface area contributed by atoms with Crippen molar-refractivity contribution in [2.75, 3.05) is 65.8 Å². The number of aliphatic carboxylic acids is 2. The number of amidine groups is 1. The Morgan fingerprint density at radius 1 is 0.631 bits per heavy atom. The second-order valence-corrected chi connectivity index (χ2v) is 38.9. The summed E-state index contributed by atoms with van der Waals surface area (Å²) in [4.78, 5) is 40.8. The minimum atomic E-state index is -0.642. The molecule has 2 aromatic heterocycles. The molecule has 576 valence electrons. The number of allylic oxidation sites excluding steroid dienone is 2. The highest BCUT2D eigenvalue weighted by atomic mass is 16.5. The van der Waals surface area contributed by atoms with E-state index in [-0.39, 0.29) is 96.2 Å². The molecular weight excluding hydrogens is 1290 g/mol. The first-order valence-corrected chi connectivity index (χ1v) is 39.8. The fourth-order valence-corrected chi connectivity index (χ4v) is 24.9. The number of nitrogens with zero attached hydrogens (tertiary/aromatic N) is 8. The van der Waals surface area contributed by atoms with Gasteiger partial charge in [-0.1, -0.05) is 148 Å². The number of ether oxygens (including phenoxy) is 4. The van der Waals surface area contributed by atoms with Crippen LogP contribution in [0.1, 0.15) is 239 Å². The largest absolute Gasteiger partial charge is 0.481 e. The average Bonchev–Trinajstić information content (AvgIpc) is 0.803. The van der Waals surface area contributed by atoms with Crippen molar-refractivity contribution in [3.63, 3.8) is 0 Å². The van der Waals surface area contributed by atoms with Crippen molar-refractivity contribution in [2.45, 2.75) is 251 Å². The van der Waals surface area contributed by atoms with E-state index in [1.807, 2.05) is 11.6 Å². The highest BCUT2D eigenvalue weighted by Gasteiger charge is 2.75. The summed E-state index contributed by atoms with van der Waals surface area (Å²) in [6.45, 7) is 51.1. The van der Waals surface area contributed by atoms with Gasteiger partial charge in [0.25, 0.3) is 0 Å². The standard InChI is InChI=1S/C41H66N6O4.C39H61N5O4.C2H8N2/c1-24(2)26(5)36(6)15-16-38(8)27-11-12-30-37(7)20-50-22-41(30,28(27)13-14-39(38,9)31(36)35(48)49)19-29(32(37)51-21-40(10,42)25(3)4)47-34(45-23-46-47)33-43-17-18-44-33;1-23(2)25(5)34(6)15-16-36(8)26-11-12-29-35(7)19-47-21-39(29,27(26)13-14-37(36,9)31(34)33(45)46)17-28(44-30(18-40)42-22-43-44)32(35)48-20-38(10,41)24(3)4;3-1-2-4/h13,23-27,29-32H,11-12,14-22,42H2,1-10H3,(H,43,44)(H,48,49);13,22-26,28-29,31-32H,11-12,14-17,19-21,41H2,1-10H3,(H,45,46);1-4H2/t26-,27+,29-,30+,31-,32+,36-,37-,38-,39+,40+,41+;25-,26+,28-,29+,31-,32+,34-,35-,36-,37+,38+,39+;/m11./s1. The molecule has 4 bridgehead atoms. The third-order valence-electron chi connectivity index (χ3n) is 32.9. The third kappa shape index (κ3) is 12.2. The zero-order chi connectivity index (χ0) is 75.6. The van der Waals surface area contributed by atoms with E-state index in [0.717, 1.165) is 102 Å². The van der Waals surface area contributed by atoms with E-state index in [0.29, 0.717) is 100.0 Å². The summed E-state index contributed by atoms with van der Waals surface area (Å²) < 4.78 is 31.4. The molecule has 0 aromatic carbocycles. The van der Waals surface area contributed by atoms with Gasteiger partial charge >= 0.3 is 11.9 Å². The average molecular weight is 1430 g/mol. The monoisotopic (exact) mass is 1430 g/mol. The molecule has 6 saturated carbocycles. The Labute approximate surface area is 617 Å². The molecule has 0 spiro atoms. The van der Waals surface area contributed by atoms with Gasteiger partial charge < -0.3 is 57.4 Å². The first kappa shape index (κ1) is 79.4. The van der Waals surface area contributed by atoms with E-state index in [2.05, 4.69) is 170 Å². The van der Waals surface area contributed by atoms with E-state index < -0.39 is 34.9 Å². The number of nitrogens with two attached hydrogens (primary N) is 4. The fraction of sp³-hybridized carbons (Fsp3) is 0.854. The molecule has 11 aliphatic rings. The number of fused-ring (bicyclic) bond motifs is 6. The van der Waals surface area contributed by atoms with Crippen molar-refractivity contribution in [1.82, 2.24) is 34.8 Å². The Bertz CT molecular complexity index is 3570. The molecule has 3 aliphatic heterocycles. The summed E-state index contributed by atoms with van der Waals surface area (Å²) in [5.74, 6) is 2.90. The maximum Gasteiger partial charge on any atom is 0.307 e. The van der Waals surface area contributed by atoms with Crippen LogP contribution in [0.15, 0.2) is 40.9 Å². The number of carbonyl (C=O) groups is 2. The molecule has 0 amide bonds. The number of nitrogens with one attached hydrogen (secondary N) is 1. The number of carboxylic acids is 2. The molecule has 24 atom stereocenters. The number of hydrogen-bond donors (Lipinski definition) is 7. The molecular formula is C82H135N13O8. The lowest BCUT2D eigenvalue weighted by atomic mass is 9.34. The smallest absolute Gasteiger partial charge is 0.307 e. The van der Waals surface area contributed by atoms with Crippen LogP contribution in [-0.4, -0.2) is 147 Å². The third-order valence-corrected chi connectivity index (χ3v) is 32.9. The Balaban J connectivity index is 0.000000197. The van der Waals surface area contributed by atoms with Gasteiger partial charge in [0.2, 0.25) is 5.82 Å². The molecule has 5 heterocycles. The minimum absolute atomic E-state index is 0.102. The summed E-state index contributed by atoms with van der Waals surface area (Å²) in [5.41, 5.74) is 22.7. The SMILES string of the molecule is CC(C)[C@@H](C)[C@@]1(C)CC[C@]2(C)[C@H]3CC[C@@H]4[C@@]5(COC[C@@]4(C)[C@@H](OC[C@](C)(N)C(C)C)[C@H](n4ncnc4C#N)C5)C3=CC[C@@]2(C)[C@@H]1C(=O)O.CC(C)[C@@H](C)[C@@]1(C)CC[C@]2(C)[C@H]3CC[C@@H]4[C@@]5(COC[C@@]4(C)[C@@H](OC[C@](C)(N)C(C)C)[C@H](n4ncnc4C4=NCCN4)C5)C3=CC[C@@]2(C)[C@@H]1C(=O)O.NCCN.